The second-order valence-corrected chi connectivity index (χ2v) is 8.60. The van der Waals surface area contributed by atoms with Crippen LogP contribution in [-0.2, 0) is 21.0 Å². The molecule has 28 heavy (non-hydrogen) atoms. The molecule has 2 rings (SSSR count). The Morgan fingerprint density at radius 3 is 2.36 bits per heavy atom. The van der Waals surface area contributed by atoms with E-state index < -0.39 is 33.7 Å². The second kappa shape index (κ2) is 8.18. The summed E-state index contributed by atoms with van der Waals surface area (Å²) in [5.41, 5.74) is -1.10. The van der Waals surface area contributed by atoms with E-state index in [1.54, 1.807) is 0 Å². The van der Waals surface area contributed by atoms with Crippen LogP contribution in [0.4, 0.5) is 24.5 Å². The number of amides is 1. The number of carbonyl (C=O) groups excluding carboxylic acids is 1. The maximum atomic E-state index is 12.8. The first-order valence-corrected chi connectivity index (χ1v) is 10.3. The zero-order valence-electron chi connectivity index (χ0n) is 14.6. The molecule has 0 bridgehead atoms. The number of sulfonamides is 1. The van der Waals surface area contributed by atoms with E-state index in [0.717, 1.165) is 28.8 Å². The third kappa shape index (κ3) is 5.30. The van der Waals surface area contributed by atoms with E-state index in [2.05, 4.69) is 5.32 Å². The molecule has 1 atom stereocenters. The molecule has 0 heterocycles. The molecule has 0 saturated carbocycles. The van der Waals surface area contributed by atoms with Gasteiger partial charge in [-0.15, -0.1) is 0 Å². The van der Waals surface area contributed by atoms with Gasteiger partial charge < -0.3 is 5.32 Å². The van der Waals surface area contributed by atoms with Gasteiger partial charge >= 0.3 is 6.18 Å². The van der Waals surface area contributed by atoms with Gasteiger partial charge in [0.25, 0.3) is 0 Å². The van der Waals surface area contributed by atoms with Crippen LogP contribution in [0.3, 0.4) is 0 Å². The second-order valence-electron chi connectivity index (χ2n) is 5.90. The lowest BCUT2D eigenvalue weighted by Gasteiger charge is -2.29. The van der Waals surface area contributed by atoms with Gasteiger partial charge in [-0.1, -0.05) is 29.3 Å². The summed E-state index contributed by atoms with van der Waals surface area (Å²) in [6, 6.07) is 6.77. The lowest BCUT2D eigenvalue weighted by atomic mass is 10.2. The number of hydrogen-bond acceptors (Lipinski definition) is 3. The molecule has 0 aromatic heterocycles. The normalized spacial score (nSPS) is 13.1. The maximum Gasteiger partial charge on any atom is 0.416 e. The Kier molecular flexibility index (Phi) is 6.52. The number of hydrogen-bond donors (Lipinski definition) is 1. The van der Waals surface area contributed by atoms with Gasteiger partial charge in [-0.3, -0.25) is 9.10 Å². The molecular weight excluding hydrogens is 440 g/mol. The maximum absolute atomic E-state index is 12.8. The molecule has 152 valence electrons. The number of benzene rings is 2. The lowest BCUT2D eigenvalue weighted by molar-refractivity contribution is -0.137. The zero-order valence-corrected chi connectivity index (χ0v) is 16.9. The summed E-state index contributed by atoms with van der Waals surface area (Å²) in [5.74, 6) is -0.846. The van der Waals surface area contributed by atoms with Crippen LogP contribution in [0.2, 0.25) is 10.0 Å². The molecule has 5 nitrogen and oxygen atoms in total. The summed E-state index contributed by atoms with van der Waals surface area (Å²) < 4.78 is 63.8. The Labute approximate surface area is 170 Å². The molecule has 0 aliphatic carbocycles. The van der Waals surface area contributed by atoms with Gasteiger partial charge in [0, 0.05) is 10.7 Å². The summed E-state index contributed by atoms with van der Waals surface area (Å²) in [7, 11) is -3.98. The molecule has 1 N–H and O–H groups in total. The van der Waals surface area contributed by atoms with E-state index in [4.69, 9.17) is 23.2 Å². The molecule has 0 saturated heterocycles. The van der Waals surface area contributed by atoms with Crippen LogP contribution >= 0.6 is 23.2 Å². The first-order chi connectivity index (χ1) is 12.8. The molecule has 0 aliphatic rings. The fourth-order valence-electron chi connectivity index (χ4n) is 2.46. The van der Waals surface area contributed by atoms with Crippen molar-refractivity contribution in [2.75, 3.05) is 15.9 Å². The zero-order chi connectivity index (χ0) is 21.3. The largest absolute Gasteiger partial charge is 0.416 e. The predicted molar refractivity (Wildman–Crippen MR) is 103 cm³/mol. The summed E-state index contributed by atoms with van der Waals surface area (Å²) in [6.07, 6.45) is -3.71. The third-order valence-corrected chi connectivity index (χ3v) is 5.47. The van der Waals surface area contributed by atoms with E-state index >= 15 is 0 Å². The SMILES string of the molecule is C[C@H](C(=O)Nc1cccc(C(F)(F)F)c1)N(c1cc(Cl)ccc1Cl)S(C)(=O)=O. The van der Waals surface area contributed by atoms with Crippen molar-refractivity contribution in [3.8, 4) is 0 Å². The predicted octanol–water partition coefficient (Wildman–Crippen LogP) is 4.81. The Balaban J connectivity index is 2.37. The van der Waals surface area contributed by atoms with Crippen LogP contribution in [0.15, 0.2) is 42.5 Å². The van der Waals surface area contributed by atoms with E-state index in [1.165, 1.54) is 31.2 Å². The van der Waals surface area contributed by atoms with Crippen molar-refractivity contribution in [3.05, 3.63) is 58.1 Å². The highest BCUT2D eigenvalue weighted by molar-refractivity contribution is 7.92. The Bertz CT molecular complexity index is 997. The molecular formula is C17H15Cl2F3N2O3S. The minimum absolute atomic E-state index is 0.0247. The number of anilines is 2. The average Bonchev–Trinajstić information content (AvgIpc) is 2.56. The molecule has 0 spiro atoms. The number of halogens is 5. The van der Waals surface area contributed by atoms with Gasteiger partial charge in [-0.2, -0.15) is 13.2 Å². The van der Waals surface area contributed by atoms with E-state index in [9.17, 15) is 26.4 Å². The highest BCUT2D eigenvalue weighted by Crippen LogP contribution is 2.33. The van der Waals surface area contributed by atoms with Crippen molar-refractivity contribution < 1.29 is 26.4 Å². The first kappa shape index (κ1) is 22.3. The number of nitrogens with one attached hydrogen (secondary N) is 1. The number of rotatable bonds is 5. The smallest absolute Gasteiger partial charge is 0.324 e. The van der Waals surface area contributed by atoms with E-state index in [0.29, 0.717) is 0 Å². The van der Waals surface area contributed by atoms with Crippen LogP contribution in [0.5, 0.6) is 0 Å². The fraction of sp³-hybridized carbons (Fsp3) is 0.235. The molecule has 0 radical (unpaired) electrons. The number of nitrogens with zero attached hydrogens (tertiary/aromatic N) is 1. The van der Waals surface area contributed by atoms with Crippen molar-refractivity contribution in [2.24, 2.45) is 0 Å². The van der Waals surface area contributed by atoms with Gasteiger partial charge in [-0.25, -0.2) is 8.42 Å². The van der Waals surface area contributed by atoms with Crippen molar-refractivity contribution in [1.29, 1.82) is 0 Å². The van der Waals surface area contributed by atoms with Gasteiger partial charge in [0.1, 0.15) is 6.04 Å². The standard InChI is InChI=1S/C17H15Cl2F3N2O3S/c1-10(16(25)23-13-5-3-4-11(8-13)17(20,21)22)24(28(2,26)27)15-9-12(18)6-7-14(15)19/h3-10H,1-2H3,(H,23,25)/t10-/m1/s1. The summed E-state index contributed by atoms with van der Waals surface area (Å²) >= 11 is 12.0. The molecule has 2 aromatic carbocycles. The average molecular weight is 455 g/mol. The van der Waals surface area contributed by atoms with Gasteiger partial charge in [0.05, 0.1) is 22.5 Å². The highest BCUT2D eigenvalue weighted by Gasteiger charge is 2.32. The van der Waals surface area contributed by atoms with Crippen LogP contribution < -0.4 is 9.62 Å². The Morgan fingerprint density at radius 1 is 1.14 bits per heavy atom. The molecule has 2 aromatic rings. The van der Waals surface area contributed by atoms with Crippen LogP contribution in [0.1, 0.15) is 12.5 Å². The van der Waals surface area contributed by atoms with Crippen molar-refractivity contribution in [2.45, 2.75) is 19.1 Å². The molecule has 0 unspecified atom stereocenters. The topological polar surface area (TPSA) is 66.5 Å². The monoisotopic (exact) mass is 454 g/mol. The Morgan fingerprint density at radius 2 is 1.79 bits per heavy atom. The summed E-state index contributed by atoms with van der Waals surface area (Å²) in [6.45, 7) is 1.28. The van der Waals surface area contributed by atoms with Gasteiger partial charge in [-0.05, 0) is 43.3 Å². The molecule has 1 amide bonds. The third-order valence-electron chi connectivity index (χ3n) is 3.69. The first-order valence-electron chi connectivity index (χ1n) is 7.73. The molecule has 0 fully saturated rings. The minimum atomic E-state index is -4.58. The van der Waals surface area contributed by atoms with Crippen LogP contribution in [-0.4, -0.2) is 26.6 Å². The van der Waals surface area contributed by atoms with Crippen molar-refractivity contribution in [1.82, 2.24) is 0 Å². The minimum Gasteiger partial charge on any atom is -0.324 e. The van der Waals surface area contributed by atoms with Crippen molar-refractivity contribution in [3.63, 3.8) is 0 Å². The quantitative estimate of drug-likeness (QED) is 0.704. The number of carbonyl (C=O) groups is 1. The number of alkyl halides is 3. The van der Waals surface area contributed by atoms with E-state index in [1.807, 2.05) is 0 Å². The summed E-state index contributed by atoms with van der Waals surface area (Å²) in [4.78, 5) is 12.6. The Hall–Kier alpha value is -1.97. The van der Waals surface area contributed by atoms with Crippen molar-refractivity contribution >= 4 is 50.5 Å². The fourth-order valence-corrected chi connectivity index (χ4v) is 4.06. The molecule has 11 heteroatoms. The van der Waals surface area contributed by atoms with Gasteiger partial charge in [0.2, 0.25) is 15.9 Å². The highest BCUT2D eigenvalue weighted by atomic mass is 35.5. The lowest BCUT2D eigenvalue weighted by Crippen LogP contribution is -2.45. The summed E-state index contributed by atoms with van der Waals surface area (Å²) in [5, 5.41) is 2.52. The molecule has 0 aliphatic heterocycles. The van der Waals surface area contributed by atoms with Gasteiger partial charge in [0.15, 0.2) is 0 Å². The van der Waals surface area contributed by atoms with Crippen LogP contribution in [0, 0.1) is 0 Å². The van der Waals surface area contributed by atoms with E-state index in [-0.39, 0.29) is 21.4 Å². The van der Waals surface area contributed by atoms with Crippen LogP contribution in [0.25, 0.3) is 0 Å².